The molecule has 3 aliphatic rings. The van der Waals surface area contributed by atoms with Crippen LogP contribution in [0.15, 0.2) is 24.3 Å². The number of benzene rings is 1. The summed E-state index contributed by atoms with van der Waals surface area (Å²) in [6.07, 6.45) is 2.03. The molecule has 0 unspecified atom stereocenters. The third-order valence-electron chi connectivity index (χ3n) is 6.67. The number of ether oxygens (including phenoxy) is 1. The lowest BCUT2D eigenvalue weighted by molar-refractivity contribution is 0.0342. The summed E-state index contributed by atoms with van der Waals surface area (Å²) in [5.74, 6) is -0.303. The van der Waals surface area contributed by atoms with E-state index in [0.717, 1.165) is 57.1 Å². The SMILES string of the molecule is N#Cc1c(C(N)=O)c2n(c1C1CC1)CCN(C(=O)Nc1ccc(CN3CCOCC3)cc1)C2. The molecule has 0 bridgehead atoms. The molecule has 0 spiro atoms. The molecule has 9 nitrogen and oxygen atoms in total. The van der Waals surface area contributed by atoms with Crippen LogP contribution in [0.25, 0.3) is 0 Å². The van der Waals surface area contributed by atoms with Gasteiger partial charge in [0, 0.05) is 50.0 Å². The predicted octanol–water partition coefficient (Wildman–Crippen LogP) is 2.22. The zero-order chi connectivity index (χ0) is 22.9. The topological polar surface area (TPSA) is 117 Å². The van der Waals surface area contributed by atoms with Crippen molar-refractivity contribution in [2.24, 2.45) is 5.73 Å². The number of nitrogens with one attached hydrogen (secondary N) is 1. The minimum Gasteiger partial charge on any atom is -0.379 e. The van der Waals surface area contributed by atoms with Crippen molar-refractivity contribution in [3.63, 3.8) is 0 Å². The van der Waals surface area contributed by atoms with E-state index in [1.54, 1.807) is 4.90 Å². The molecule has 1 aliphatic carbocycles. The Labute approximate surface area is 192 Å². The van der Waals surface area contributed by atoms with Crippen molar-refractivity contribution in [1.29, 1.82) is 5.26 Å². The maximum absolute atomic E-state index is 13.0. The molecule has 3 heterocycles. The van der Waals surface area contributed by atoms with Gasteiger partial charge in [0.1, 0.15) is 6.07 Å². The molecule has 2 aliphatic heterocycles. The van der Waals surface area contributed by atoms with E-state index in [0.29, 0.717) is 30.3 Å². The second kappa shape index (κ2) is 8.89. The number of aromatic nitrogens is 1. The van der Waals surface area contributed by atoms with Crippen LogP contribution in [0, 0.1) is 11.3 Å². The molecule has 9 heteroatoms. The van der Waals surface area contributed by atoms with Crippen LogP contribution in [0.1, 0.15) is 51.6 Å². The van der Waals surface area contributed by atoms with Crippen molar-refractivity contribution in [3.05, 3.63) is 52.3 Å². The van der Waals surface area contributed by atoms with E-state index >= 15 is 0 Å². The second-order valence-electron chi connectivity index (χ2n) is 8.92. The highest BCUT2D eigenvalue weighted by molar-refractivity contribution is 5.98. The standard InChI is InChI=1S/C24H28N6O3/c25-13-19-21(23(26)31)20-15-29(7-8-30(20)22(19)17-3-4-17)24(32)27-18-5-1-16(2-6-18)14-28-9-11-33-12-10-28/h1-2,5-6,17H,3-4,7-12,14-15H2,(H2,26,31)(H,27,32). The molecule has 3 N–H and O–H groups in total. The highest BCUT2D eigenvalue weighted by atomic mass is 16.5. The van der Waals surface area contributed by atoms with E-state index in [1.165, 1.54) is 5.56 Å². The molecule has 0 atom stereocenters. The van der Waals surface area contributed by atoms with Crippen molar-refractivity contribution in [3.8, 4) is 6.07 Å². The molecule has 2 fully saturated rings. The van der Waals surface area contributed by atoms with E-state index in [4.69, 9.17) is 10.5 Å². The number of carbonyl (C=O) groups excluding carboxylic acids is 2. The molecule has 1 aromatic heterocycles. The number of hydrogen-bond donors (Lipinski definition) is 2. The Hall–Kier alpha value is -3.35. The van der Waals surface area contributed by atoms with Crippen molar-refractivity contribution in [2.45, 2.75) is 38.4 Å². The summed E-state index contributed by atoms with van der Waals surface area (Å²) in [7, 11) is 0. The van der Waals surface area contributed by atoms with Crippen molar-refractivity contribution in [2.75, 3.05) is 38.2 Å². The highest BCUT2D eigenvalue weighted by Gasteiger charge is 2.37. The Morgan fingerprint density at radius 1 is 1.12 bits per heavy atom. The Morgan fingerprint density at radius 3 is 2.48 bits per heavy atom. The smallest absolute Gasteiger partial charge is 0.322 e. The number of rotatable bonds is 5. The number of anilines is 1. The van der Waals surface area contributed by atoms with Gasteiger partial charge in [0.15, 0.2) is 0 Å². The fourth-order valence-corrected chi connectivity index (χ4v) is 4.83. The number of hydrogen-bond acceptors (Lipinski definition) is 5. The molecule has 1 saturated heterocycles. The first-order valence-electron chi connectivity index (χ1n) is 11.4. The van der Waals surface area contributed by atoms with Gasteiger partial charge in [0.2, 0.25) is 0 Å². The Morgan fingerprint density at radius 2 is 1.85 bits per heavy atom. The largest absolute Gasteiger partial charge is 0.379 e. The van der Waals surface area contributed by atoms with Gasteiger partial charge in [-0.05, 0) is 30.5 Å². The molecule has 1 aromatic carbocycles. The molecule has 0 radical (unpaired) electrons. The van der Waals surface area contributed by atoms with Crippen LogP contribution >= 0.6 is 0 Å². The molecular formula is C24H28N6O3. The maximum Gasteiger partial charge on any atom is 0.322 e. The van der Waals surface area contributed by atoms with E-state index in [-0.39, 0.29) is 18.1 Å². The van der Waals surface area contributed by atoms with E-state index in [1.807, 2.05) is 28.8 Å². The predicted molar refractivity (Wildman–Crippen MR) is 122 cm³/mol. The highest BCUT2D eigenvalue weighted by Crippen LogP contribution is 2.44. The first-order chi connectivity index (χ1) is 16.0. The molecule has 5 rings (SSSR count). The van der Waals surface area contributed by atoms with Crippen LogP contribution in [0.3, 0.4) is 0 Å². The zero-order valence-electron chi connectivity index (χ0n) is 18.5. The van der Waals surface area contributed by atoms with Gasteiger partial charge in [-0.3, -0.25) is 9.69 Å². The lowest BCUT2D eigenvalue weighted by Gasteiger charge is -2.30. The monoisotopic (exact) mass is 448 g/mol. The van der Waals surface area contributed by atoms with Crippen molar-refractivity contribution >= 4 is 17.6 Å². The molecule has 33 heavy (non-hydrogen) atoms. The number of amides is 3. The zero-order valence-corrected chi connectivity index (χ0v) is 18.5. The number of carbonyl (C=O) groups is 2. The van der Waals surface area contributed by atoms with E-state index in [9.17, 15) is 14.9 Å². The first kappa shape index (κ1) is 21.5. The molecular weight excluding hydrogens is 420 g/mol. The normalized spacial score (nSPS) is 18.5. The third-order valence-corrected chi connectivity index (χ3v) is 6.67. The Balaban J connectivity index is 1.28. The molecule has 2 aromatic rings. The number of nitriles is 1. The minimum atomic E-state index is -0.611. The van der Waals surface area contributed by atoms with Gasteiger partial charge in [0.05, 0.1) is 36.6 Å². The van der Waals surface area contributed by atoms with Gasteiger partial charge in [-0.15, -0.1) is 0 Å². The van der Waals surface area contributed by atoms with Gasteiger partial charge >= 0.3 is 6.03 Å². The van der Waals surface area contributed by atoms with Gasteiger partial charge in [-0.1, -0.05) is 12.1 Å². The fourth-order valence-electron chi connectivity index (χ4n) is 4.83. The van der Waals surface area contributed by atoms with Gasteiger partial charge in [-0.25, -0.2) is 4.79 Å². The maximum atomic E-state index is 13.0. The van der Waals surface area contributed by atoms with Crippen LogP contribution in [0.2, 0.25) is 0 Å². The average molecular weight is 449 g/mol. The quantitative estimate of drug-likeness (QED) is 0.727. The molecule has 172 valence electrons. The third kappa shape index (κ3) is 4.32. The Bertz CT molecular complexity index is 1110. The summed E-state index contributed by atoms with van der Waals surface area (Å²) < 4.78 is 7.43. The number of nitrogens with two attached hydrogens (primary N) is 1. The average Bonchev–Trinajstić information content (AvgIpc) is 3.60. The van der Waals surface area contributed by atoms with Crippen LogP contribution in [0.5, 0.6) is 0 Å². The van der Waals surface area contributed by atoms with Crippen molar-refractivity contribution < 1.29 is 14.3 Å². The van der Waals surface area contributed by atoms with Crippen molar-refractivity contribution in [1.82, 2.24) is 14.4 Å². The number of primary amides is 1. The Kier molecular flexibility index (Phi) is 5.79. The number of urea groups is 1. The van der Waals surface area contributed by atoms with Crippen LogP contribution in [-0.2, 0) is 24.4 Å². The van der Waals surface area contributed by atoms with Gasteiger partial charge in [-0.2, -0.15) is 5.26 Å². The summed E-state index contributed by atoms with van der Waals surface area (Å²) in [5, 5.41) is 12.7. The van der Waals surface area contributed by atoms with Crippen LogP contribution in [-0.4, -0.2) is 59.2 Å². The number of morpholine rings is 1. The summed E-state index contributed by atoms with van der Waals surface area (Å²) in [6.45, 7) is 5.56. The summed E-state index contributed by atoms with van der Waals surface area (Å²) >= 11 is 0. The molecule has 3 amide bonds. The second-order valence-corrected chi connectivity index (χ2v) is 8.92. The van der Waals surface area contributed by atoms with E-state index < -0.39 is 5.91 Å². The minimum absolute atomic E-state index is 0.231. The fraction of sp³-hybridized carbons (Fsp3) is 0.458. The lowest BCUT2D eigenvalue weighted by atomic mass is 10.1. The van der Waals surface area contributed by atoms with Crippen LogP contribution in [0.4, 0.5) is 10.5 Å². The summed E-state index contributed by atoms with van der Waals surface area (Å²) in [5.41, 5.74) is 9.79. The van der Waals surface area contributed by atoms with Crippen LogP contribution < -0.4 is 11.1 Å². The first-order valence-corrected chi connectivity index (χ1v) is 11.4. The summed E-state index contributed by atoms with van der Waals surface area (Å²) in [4.78, 5) is 29.2. The number of fused-ring (bicyclic) bond motifs is 1. The van der Waals surface area contributed by atoms with E-state index in [2.05, 4.69) is 16.3 Å². The van der Waals surface area contributed by atoms with Gasteiger partial charge in [0.25, 0.3) is 5.91 Å². The lowest BCUT2D eigenvalue weighted by Crippen LogP contribution is -2.41. The number of nitrogens with zero attached hydrogens (tertiary/aromatic N) is 4. The van der Waals surface area contributed by atoms with Gasteiger partial charge < -0.3 is 25.3 Å². The molecule has 1 saturated carbocycles. The summed E-state index contributed by atoms with van der Waals surface area (Å²) in [6, 6.07) is 9.83.